The maximum atomic E-state index is 12.0. The summed E-state index contributed by atoms with van der Waals surface area (Å²) in [6, 6.07) is 3.99. The monoisotopic (exact) mass is 254 g/mol. The Bertz CT molecular complexity index is 392. The van der Waals surface area contributed by atoms with Crippen LogP contribution in [0, 0.1) is 6.92 Å². The fraction of sp³-hybridized carbons (Fsp3) is 0.583. The van der Waals surface area contributed by atoms with E-state index in [1.807, 2.05) is 42.6 Å². The molecule has 1 fully saturated rings. The standard InChI is InChI=1S/C12H18N2O2S/c1-3-13-12(15)14-6-7-17-8-10(14)11-5-4-9(2)16-11/h4-5,10H,3,6-8H2,1-2H3,(H,13,15). The Morgan fingerprint density at radius 2 is 2.47 bits per heavy atom. The molecule has 2 rings (SSSR count). The first kappa shape index (κ1) is 12.4. The molecule has 0 spiro atoms. The number of urea groups is 1. The highest BCUT2D eigenvalue weighted by atomic mass is 32.2. The van der Waals surface area contributed by atoms with Crippen LogP contribution in [0.5, 0.6) is 0 Å². The summed E-state index contributed by atoms with van der Waals surface area (Å²) in [6.45, 7) is 5.30. The molecule has 2 heterocycles. The molecule has 5 heteroatoms. The molecule has 1 aromatic heterocycles. The van der Waals surface area contributed by atoms with Crippen molar-refractivity contribution in [3.63, 3.8) is 0 Å². The van der Waals surface area contributed by atoms with Crippen LogP contribution in [0.25, 0.3) is 0 Å². The summed E-state index contributed by atoms with van der Waals surface area (Å²) in [6.07, 6.45) is 0. The fourth-order valence-corrected chi connectivity index (χ4v) is 3.03. The largest absolute Gasteiger partial charge is 0.464 e. The zero-order chi connectivity index (χ0) is 12.3. The van der Waals surface area contributed by atoms with Gasteiger partial charge in [0.1, 0.15) is 17.6 Å². The normalized spacial score (nSPS) is 20.4. The Morgan fingerprint density at radius 3 is 3.12 bits per heavy atom. The summed E-state index contributed by atoms with van der Waals surface area (Å²) >= 11 is 1.86. The van der Waals surface area contributed by atoms with Crippen molar-refractivity contribution >= 4 is 17.8 Å². The summed E-state index contributed by atoms with van der Waals surface area (Å²) in [5, 5.41) is 2.86. The van der Waals surface area contributed by atoms with Gasteiger partial charge in [0, 0.05) is 24.6 Å². The quantitative estimate of drug-likeness (QED) is 0.881. The lowest BCUT2D eigenvalue weighted by Crippen LogP contribution is -2.46. The van der Waals surface area contributed by atoms with E-state index in [1.54, 1.807) is 0 Å². The van der Waals surface area contributed by atoms with E-state index in [2.05, 4.69) is 5.32 Å². The van der Waals surface area contributed by atoms with Gasteiger partial charge in [0.25, 0.3) is 0 Å². The van der Waals surface area contributed by atoms with E-state index in [0.29, 0.717) is 6.54 Å². The number of carbonyl (C=O) groups excluding carboxylic acids is 1. The van der Waals surface area contributed by atoms with Gasteiger partial charge >= 0.3 is 6.03 Å². The first-order valence-corrected chi connectivity index (χ1v) is 7.06. The molecule has 2 amide bonds. The summed E-state index contributed by atoms with van der Waals surface area (Å²) in [7, 11) is 0. The van der Waals surface area contributed by atoms with E-state index in [4.69, 9.17) is 4.42 Å². The van der Waals surface area contributed by atoms with Gasteiger partial charge < -0.3 is 14.6 Å². The van der Waals surface area contributed by atoms with Crippen LogP contribution in [0.4, 0.5) is 4.79 Å². The number of rotatable bonds is 2. The van der Waals surface area contributed by atoms with Crippen LogP contribution in [-0.2, 0) is 0 Å². The third-order valence-corrected chi connectivity index (χ3v) is 3.83. The Morgan fingerprint density at radius 1 is 1.65 bits per heavy atom. The highest BCUT2D eigenvalue weighted by molar-refractivity contribution is 7.99. The molecular weight excluding hydrogens is 236 g/mol. The van der Waals surface area contributed by atoms with E-state index in [1.165, 1.54) is 0 Å². The van der Waals surface area contributed by atoms with Crippen LogP contribution in [-0.4, -0.2) is 35.5 Å². The highest BCUT2D eigenvalue weighted by Gasteiger charge is 2.30. The predicted octanol–water partition coefficient (Wildman–Crippen LogP) is 2.41. The van der Waals surface area contributed by atoms with Crippen molar-refractivity contribution in [2.24, 2.45) is 0 Å². The van der Waals surface area contributed by atoms with Gasteiger partial charge in [0.2, 0.25) is 0 Å². The average molecular weight is 254 g/mol. The summed E-state index contributed by atoms with van der Waals surface area (Å²) in [5.41, 5.74) is 0. The lowest BCUT2D eigenvalue weighted by Gasteiger charge is -2.34. The second-order valence-corrected chi connectivity index (χ2v) is 5.22. The van der Waals surface area contributed by atoms with Gasteiger partial charge in [-0.05, 0) is 26.0 Å². The number of nitrogens with zero attached hydrogens (tertiary/aromatic N) is 1. The SMILES string of the molecule is CCNC(=O)N1CCSCC1c1ccc(C)o1. The molecule has 4 nitrogen and oxygen atoms in total. The minimum atomic E-state index is 0.00635. The van der Waals surface area contributed by atoms with E-state index in [-0.39, 0.29) is 12.1 Å². The van der Waals surface area contributed by atoms with E-state index in [9.17, 15) is 4.79 Å². The van der Waals surface area contributed by atoms with Crippen molar-refractivity contribution in [2.75, 3.05) is 24.6 Å². The molecule has 0 bridgehead atoms. The van der Waals surface area contributed by atoms with Crippen LogP contribution in [0.15, 0.2) is 16.5 Å². The number of aryl methyl sites for hydroxylation is 1. The molecule has 0 radical (unpaired) electrons. The predicted molar refractivity (Wildman–Crippen MR) is 69.3 cm³/mol. The number of hydrogen-bond acceptors (Lipinski definition) is 3. The maximum absolute atomic E-state index is 12.0. The van der Waals surface area contributed by atoms with Crippen LogP contribution >= 0.6 is 11.8 Å². The third-order valence-electron chi connectivity index (χ3n) is 2.81. The summed E-state index contributed by atoms with van der Waals surface area (Å²) in [5.74, 6) is 3.68. The van der Waals surface area contributed by atoms with Gasteiger partial charge in [-0.3, -0.25) is 0 Å². The van der Waals surface area contributed by atoms with E-state index in [0.717, 1.165) is 29.6 Å². The van der Waals surface area contributed by atoms with Crippen LogP contribution in [0.1, 0.15) is 24.5 Å². The summed E-state index contributed by atoms with van der Waals surface area (Å²) in [4.78, 5) is 13.8. The van der Waals surface area contributed by atoms with Gasteiger partial charge in [0.05, 0.1) is 0 Å². The molecule has 1 aliphatic rings. The van der Waals surface area contributed by atoms with Crippen molar-refractivity contribution in [3.8, 4) is 0 Å². The zero-order valence-electron chi connectivity index (χ0n) is 10.2. The molecule has 1 aromatic rings. The third kappa shape index (κ3) is 2.77. The smallest absolute Gasteiger partial charge is 0.318 e. The van der Waals surface area contributed by atoms with Gasteiger partial charge in [0.15, 0.2) is 0 Å². The molecular formula is C12H18N2O2S. The number of amides is 2. The number of thioether (sulfide) groups is 1. The maximum Gasteiger partial charge on any atom is 0.318 e. The second kappa shape index (κ2) is 5.49. The van der Waals surface area contributed by atoms with Gasteiger partial charge in [-0.1, -0.05) is 0 Å². The molecule has 0 aliphatic carbocycles. The Hall–Kier alpha value is -1.10. The number of furan rings is 1. The Balaban J connectivity index is 2.14. The lowest BCUT2D eigenvalue weighted by molar-refractivity contribution is 0.174. The van der Waals surface area contributed by atoms with Gasteiger partial charge in [-0.15, -0.1) is 0 Å². The minimum absolute atomic E-state index is 0.00635. The number of carbonyl (C=O) groups is 1. The Labute approximate surface area is 106 Å². The van der Waals surface area contributed by atoms with E-state index >= 15 is 0 Å². The fourth-order valence-electron chi connectivity index (χ4n) is 1.97. The second-order valence-electron chi connectivity index (χ2n) is 4.07. The molecule has 0 saturated carbocycles. The van der Waals surface area contributed by atoms with E-state index < -0.39 is 0 Å². The first-order chi connectivity index (χ1) is 8.22. The molecule has 1 aliphatic heterocycles. The van der Waals surface area contributed by atoms with Crippen molar-refractivity contribution < 1.29 is 9.21 Å². The van der Waals surface area contributed by atoms with Gasteiger partial charge in [-0.25, -0.2) is 4.79 Å². The minimum Gasteiger partial charge on any atom is -0.464 e. The lowest BCUT2D eigenvalue weighted by atomic mass is 10.2. The molecule has 1 N–H and O–H groups in total. The van der Waals surface area contributed by atoms with Crippen LogP contribution in [0.2, 0.25) is 0 Å². The van der Waals surface area contributed by atoms with Crippen LogP contribution in [0.3, 0.4) is 0 Å². The summed E-state index contributed by atoms with van der Waals surface area (Å²) < 4.78 is 5.65. The highest BCUT2D eigenvalue weighted by Crippen LogP contribution is 2.30. The average Bonchev–Trinajstić information content (AvgIpc) is 2.76. The molecule has 1 unspecified atom stereocenters. The molecule has 1 atom stereocenters. The molecule has 94 valence electrons. The van der Waals surface area contributed by atoms with Crippen molar-refractivity contribution in [3.05, 3.63) is 23.7 Å². The Kier molecular flexibility index (Phi) is 3.99. The molecule has 0 aromatic carbocycles. The van der Waals surface area contributed by atoms with Crippen LogP contribution < -0.4 is 5.32 Å². The number of nitrogens with one attached hydrogen (secondary N) is 1. The van der Waals surface area contributed by atoms with Crippen molar-refractivity contribution in [1.82, 2.24) is 10.2 Å². The topological polar surface area (TPSA) is 45.5 Å². The molecule has 1 saturated heterocycles. The molecule has 17 heavy (non-hydrogen) atoms. The first-order valence-electron chi connectivity index (χ1n) is 5.91. The van der Waals surface area contributed by atoms with Crippen molar-refractivity contribution in [2.45, 2.75) is 19.9 Å². The zero-order valence-corrected chi connectivity index (χ0v) is 11.0. The van der Waals surface area contributed by atoms with Gasteiger partial charge in [-0.2, -0.15) is 11.8 Å². The number of hydrogen-bond donors (Lipinski definition) is 1. The van der Waals surface area contributed by atoms with Crippen molar-refractivity contribution in [1.29, 1.82) is 0 Å².